The van der Waals surface area contributed by atoms with Crippen molar-refractivity contribution in [1.29, 1.82) is 0 Å². The van der Waals surface area contributed by atoms with Crippen LogP contribution in [-0.2, 0) is 4.74 Å². The lowest BCUT2D eigenvalue weighted by Crippen LogP contribution is -2.45. The first-order chi connectivity index (χ1) is 14.1. The van der Waals surface area contributed by atoms with Crippen LogP contribution < -0.4 is 0 Å². The average molecular weight is 411 g/mol. The van der Waals surface area contributed by atoms with Gasteiger partial charge in [-0.1, -0.05) is 79.7 Å². The molecule has 0 radical (unpaired) electrons. The molecule has 2 N–H and O–H groups in total. The average Bonchev–Trinajstić information content (AvgIpc) is 3.01. The normalized spacial score (nSPS) is 30.5. The zero-order valence-electron chi connectivity index (χ0n) is 19.4. The zero-order valence-corrected chi connectivity index (χ0v) is 19.4. The fraction of sp³-hybridized carbons (Fsp3) is 0.481. The topological polar surface area (TPSA) is 49.7 Å². The highest BCUT2D eigenvalue weighted by Crippen LogP contribution is 2.51. The van der Waals surface area contributed by atoms with Gasteiger partial charge < -0.3 is 14.9 Å². The molecule has 164 valence electrons. The predicted molar refractivity (Wildman–Crippen MR) is 126 cm³/mol. The first kappa shape index (κ1) is 24.3. The van der Waals surface area contributed by atoms with Crippen LogP contribution in [0, 0.1) is 5.41 Å². The summed E-state index contributed by atoms with van der Waals surface area (Å²) in [5.41, 5.74) is 4.32. The van der Waals surface area contributed by atoms with Crippen molar-refractivity contribution < 1.29 is 14.9 Å². The van der Waals surface area contributed by atoms with Crippen LogP contribution in [0.3, 0.4) is 0 Å². The first-order valence-corrected chi connectivity index (χ1v) is 10.8. The highest BCUT2D eigenvalue weighted by atomic mass is 16.5. The summed E-state index contributed by atoms with van der Waals surface area (Å²) in [7, 11) is 0. The Bertz CT molecular complexity index is 817. The van der Waals surface area contributed by atoms with Gasteiger partial charge in [0.2, 0.25) is 0 Å². The Labute approximate surface area is 182 Å². The molecular weight excluding hydrogens is 372 g/mol. The summed E-state index contributed by atoms with van der Waals surface area (Å²) in [5.74, 6) is 0. The minimum Gasteiger partial charge on any atom is -0.393 e. The molecule has 0 aromatic heterocycles. The van der Waals surface area contributed by atoms with Crippen LogP contribution in [0.2, 0.25) is 0 Å². The predicted octanol–water partition coefficient (Wildman–Crippen LogP) is 5.75. The van der Waals surface area contributed by atoms with Gasteiger partial charge >= 0.3 is 0 Å². The molecule has 3 atom stereocenters. The molecule has 0 saturated heterocycles. The fourth-order valence-electron chi connectivity index (χ4n) is 4.46. The molecule has 0 amide bonds. The maximum absolute atomic E-state index is 10.3. The summed E-state index contributed by atoms with van der Waals surface area (Å²) in [6, 6.07) is 0. The van der Waals surface area contributed by atoms with E-state index in [0.29, 0.717) is 6.42 Å². The van der Waals surface area contributed by atoms with Crippen LogP contribution in [0.15, 0.2) is 83.1 Å². The molecule has 1 saturated carbocycles. The van der Waals surface area contributed by atoms with Crippen molar-refractivity contribution >= 4 is 0 Å². The Balaban J connectivity index is 2.00. The molecule has 3 unspecified atom stereocenters. The summed E-state index contributed by atoms with van der Waals surface area (Å²) in [4.78, 5) is 0. The van der Waals surface area contributed by atoms with Gasteiger partial charge in [-0.25, -0.2) is 0 Å². The van der Waals surface area contributed by atoms with Gasteiger partial charge in [-0.3, -0.25) is 0 Å². The Hall–Kier alpha value is -1.94. The Kier molecular flexibility index (Phi) is 8.42. The molecule has 3 heteroatoms. The van der Waals surface area contributed by atoms with E-state index in [4.69, 9.17) is 9.84 Å². The van der Waals surface area contributed by atoms with Gasteiger partial charge in [-0.15, -0.1) is 0 Å². The minimum atomic E-state index is -0.372. The summed E-state index contributed by atoms with van der Waals surface area (Å²) in [5, 5.41) is 19.1. The van der Waals surface area contributed by atoms with E-state index in [1.807, 2.05) is 31.2 Å². The summed E-state index contributed by atoms with van der Waals surface area (Å²) >= 11 is 0. The third-order valence-corrected chi connectivity index (χ3v) is 5.86. The van der Waals surface area contributed by atoms with Crippen LogP contribution in [0.4, 0.5) is 0 Å². The van der Waals surface area contributed by atoms with Gasteiger partial charge in [0.1, 0.15) is 0 Å². The molecule has 1 fully saturated rings. The number of aliphatic hydroxyl groups is 2. The van der Waals surface area contributed by atoms with Gasteiger partial charge in [0.05, 0.1) is 24.4 Å². The van der Waals surface area contributed by atoms with Gasteiger partial charge in [0, 0.05) is 6.42 Å². The zero-order chi connectivity index (χ0) is 22.4. The molecule has 30 heavy (non-hydrogen) atoms. The van der Waals surface area contributed by atoms with E-state index >= 15 is 0 Å². The van der Waals surface area contributed by atoms with E-state index in [9.17, 15) is 5.11 Å². The minimum absolute atomic E-state index is 0.0381. The van der Waals surface area contributed by atoms with Crippen molar-refractivity contribution in [2.45, 2.75) is 72.2 Å². The van der Waals surface area contributed by atoms with Crippen molar-refractivity contribution in [1.82, 2.24) is 0 Å². The van der Waals surface area contributed by atoms with Crippen LogP contribution in [0.25, 0.3) is 0 Å². The second-order valence-electron chi connectivity index (χ2n) is 9.36. The number of rotatable bonds is 7. The van der Waals surface area contributed by atoms with Gasteiger partial charge in [-0.2, -0.15) is 0 Å². The third-order valence-electron chi connectivity index (χ3n) is 5.86. The molecule has 0 aromatic carbocycles. The van der Waals surface area contributed by atoms with E-state index in [1.54, 1.807) is 6.08 Å². The fourth-order valence-corrected chi connectivity index (χ4v) is 4.46. The van der Waals surface area contributed by atoms with E-state index < -0.39 is 0 Å². The smallest absolute Gasteiger partial charge is 0.0982 e. The Morgan fingerprint density at radius 1 is 1.00 bits per heavy atom. The van der Waals surface area contributed by atoms with Gasteiger partial charge in [0.25, 0.3) is 0 Å². The largest absolute Gasteiger partial charge is 0.393 e. The maximum Gasteiger partial charge on any atom is 0.0982 e. The van der Waals surface area contributed by atoms with Crippen molar-refractivity contribution in [2.24, 2.45) is 5.41 Å². The van der Waals surface area contributed by atoms with Crippen LogP contribution in [0.5, 0.6) is 0 Å². The van der Waals surface area contributed by atoms with Gasteiger partial charge in [-0.05, 0) is 56.8 Å². The number of allylic oxidation sites excluding steroid dienone is 10. The Morgan fingerprint density at radius 3 is 2.27 bits per heavy atom. The molecule has 2 aliphatic rings. The monoisotopic (exact) mass is 410 g/mol. The maximum atomic E-state index is 10.3. The molecular formula is C27H38O3. The molecule has 0 aromatic rings. The number of hydrogen-bond donors (Lipinski definition) is 2. The van der Waals surface area contributed by atoms with Crippen LogP contribution >= 0.6 is 0 Å². The van der Waals surface area contributed by atoms with Crippen molar-refractivity contribution in [3.05, 3.63) is 83.1 Å². The molecule has 0 spiro atoms. The summed E-state index contributed by atoms with van der Waals surface area (Å²) in [6.07, 6.45) is 21.3. The molecule has 2 rings (SSSR count). The van der Waals surface area contributed by atoms with E-state index in [-0.39, 0.29) is 29.8 Å². The third kappa shape index (κ3) is 6.53. The summed E-state index contributed by atoms with van der Waals surface area (Å²) < 4.78 is 6.40. The molecule has 0 bridgehead atoms. The van der Waals surface area contributed by atoms with E-state index in [1.165, 1.54) is 5.57 Å². The first-order valence-electron chi connectivity index (χ1n) is 10.8. The number of aliphatic hydroxyl groups excluding tert-OH is 2. The lowest BCUT2D eigenvalue weighted by Gasteiger charge is -2.44. The number of ether oxygens (including phenoxy) is 1. The van der Waals surface area contributed by atoms with E-state index in [2.05, 4.69) is 65.0 Å². The quantitative estimate of drug-likeness (QED) is 0.415. The second kappa shape index (κ2) is 10.4. The lowest BCUT2D eigenvalue weighted by molar-refractivity contribution is -0.0683. The lowest BCUT2D eigenvalue weighted by atomic mass is 9.65. The number of hydrogen-bond acceptors (Lipinski definition) is 3. The van der Waals surface area contributed by atoms with Crippen molar-refractivity contribution in [3.8, 4) is 0 Å². The highest BCUT2D eigenvalue weighted by Gasteiger charge is 2.50. The molecule has 1 aliphatic carbocycles. The Morgan fingerprint density at radius 2 is 1.63 bits per heavy atom. The standard InChI is InChI=1S/C27H38O3/c1-20(11-7-8-12-21(2)14-10-16-28)13-9-15-22(3)24-17-25-26(4,5)18-23(29)19-27(25,6)30-24/h7-15,17,23-24,28-29H,16,18-19H2,1-6H3. The summed E-state index contributed by atoms with van der Waals surface area (Å²) in [6.45, 7) is 12.7. The van der Waals surface area contributed by atoms with Crippen LogP contribution in [0.1, 0.15) is 54.4 Å². The highest BCUT2D eigenvalue weighted by molar-refractivity contribution is 5.37. The second-order valence-corrected chi connectivity index (χ2v) is 9.36. The van der Waals surface area contributed by atoms with Crippen molar-refractivity contribution in [3.63, 3.8) is 0 Å². The van der Waals surface area contributed by atoms with Gasteiger partial charge in [0.15, 0.2) is 0 Å². The molecule has 3 nitrogen and oxygen atoms in total. The SMILES string of the molecule is CC(C=CC=C(C)C1C=C2C(C)(C)CC(O)CC2(C)O1)=CC=CC=C(C)C=CCO. The molecule has 1 heterocycles. The van der Waals surface area contributed by atoms with Crippen LogP contribution in [-0.4, -0.2) is 34.6 Å². The molecule has 1 aliphatic heterocycles. The van der Waals surface area contributed by atoms with E-state index in [0.717, 1.165) is 23.1 Å². The van der Waals surface area contributed by atoms with Crippen molar-refractivity contribution in [2.75, 3.05) is 6.61 Å². The number of fused-ring (bicyclic) bond motifs is 1.